The van der Waals surface area contributed by atoms with Gasteiger partial charge in [-0.05, 0) is 40.2 Å². The summed E-state index contributed by atoms with van der Waals surface area (Å²) in [5, 5.41) is 11.0. The van der Waals surface area contributed by atoms with Gasteiger partial charge >= 0.3 is 11.7 Å². The molecular formula is C14H19NO5. The summed E-state index contributed by atoms with van der Waals surface area (Å²) in [5.74, 6) is -0.467. The van der Waals surface area contributed by atoms with Crippen molar-refractivity contribution in [3.8, 4) is 5.75 Å². The largest absolute Gasteiger partial charge is 0.472 e. The van der Waals surface area contributed by atoms with E-state index in [2.05, 4.69) is 0 Å². The van der Waals surface area contributed by atoms with Gasteiger partial charge in [0.1, 0.15) is 5.60 Å². The first-order valence-corrected chi connectivity index (χ1v) is 6.25. The molecule has 0 amide bonds. The van der Waals surface area contributed by atoms with Crippen molar-refractivity contribution in [2.75, 3.05) is 0 Å². The van der Waals surface area contributed by atoms with Crippen LogP contribution in [0.1, 0.15) is 33.3 Å². The smallest absolute Gasteiger partial charge is 0.347 e. The highest BCUT2D eigenvalue weighted by Gasteiger charge is 2.26. The van der Waals surface area contributed by atoms with E-state index in [1.807, 2.05) is 0 Å². The van der Waals surface area contributed by atoms with Crippen LogP contribution in [0.25, 0.3) is 0 Å². The van der Waals surface area contributed by atoms with Gasteiger partial charge in [-0.2, -0.15) is 0 Å². The average molecular weight is 281 g/mol. The number of para-hydroxylation sites is 1. The number of aryl methyl sites for hydroxylation is 1. The maximum atomic E-state index is 11.8. The molecule has 0 heterocycles. The van der Waals surface area contributed by atoms with Gasteiger partial charge in [-0.15, -0.1) is 0 Å². The molecule has 0 N–H and O–H groups in total. The fraction of sp³-hybridized carbons (Fsp3) is 0.500. The second kappa shape index (κ2) is 5.90. The maximum absolute atomic E-state index is 11.8. The van der Waals surface area contributed by atoms with Gasteiger partial charge in [0, 0.05) is 6.07 Å². The molecule has 0 spiro atoms. The van der Waals surface area contributed by atoms with Crippen LogP contribution in [0.4, 0.5) is 5.69 Å². The molecule has 0 saturated heterocycles. The van der Waals surface area contributed by atoms with Crippen LogP contribution >= 0.6 is 0 Å². The van der Waals surface area contributed by atoms with Crippen molar-refractivity contribution in [2.45, 2.75) is 46.3 Å². The highest BCUT2D eigenvalue weighted by molar-refractivity contribution is 5.75. The number of hydrogen-bond donors (Lipinski definition) is 0. The van der Waals surface area contributed by atoms with Gasteiger partial charge in [0.25, 0.3) is 0 Å². The number of nitro benzene ring substituents is 1. The molecule has 0 fully saturated rings. The quantitative estimate of drug-likeness (QED) is 0.481. The highest BCUT2D eigenvalue weighted by Crippen LogP contribution is 2.31. The second-order valence-corrected chi connectivity index (χ2v) is 5.47. The number of carbonyl (C=O) groups excluding carboxylic acids is 1. The predicted molar refractivity (Wildman–Crippen MR) is 73.8 cm³/mol. The normalized spacial score (nSPS) is 12.7. The number of esters is 1. The lowest BCUT2D eigenvalue weighted by Crippen LogP contribution is -2.33. The van der Waals surface area contributed by atoms with E-state index in [9.17, 15) is 14.9 Å². The Hall–Kier alpha value is -2.11. The molecule has 0 aliphatic heterocycles. The maximum Gasteiger partial charge on any atom is 0.347 e. The summed E-state index contributed by atoms with van der Waals surface area (Å²) in [6.07, 6.45) is -0.922. The molecule has 1 rings (SSSR count). The number of nitrogens with zero attached hydrogens (tertiary/aromatic N) is 1. The first-order chi connectivity index (χ1) is 9.11. The molecule has 1 atom stereocenters. The zero-order valence-electron chi connectivity index (χ0n) is 12.3. The van der Waals surface area contributed by atoms with Crippen molar-refractivity contribution in [1.82, 2.24) is 0 Å². The van der Waals surface area contributed by atoms with Crippen molar-refractivity contribution in [2.24, 2.45) is 0 Å². The van der Waals surface area contributed by atoms with Crippen molar-refractivity contribution >= 4 is 11.7 Å². The lowest BCUT2D eigenvalue weighted by molar-refractivity contribution is -0.386. The SMILES string of the molecule is Cc1cccc([N+](=O)[O-])c1OC(C)C(=O)OC(C)(C)C. The first kappa shape index (κ1) is 15.9. The molecule has 0 radical (unpaired) electrons. The Bertz CT molecular complexity index is 519. The summed E-state index contributed by atoms with van der Waals surface area (Å²) in [6.45, 7) is 8.42. The average Bonchev–Trinajstić information content (AvgIpc) is 2.28. The van der Waals surface area contributed by atoms with Crippen LogP contribution in [0.15, 0.2) is 18.2 Å². The van der Waals surface area contributed by atoms with Crippen LogP contribution in [0.5, 0.6) is 5.75 Å². The Kier molecular flexibility index (Phi) is 4.70. The van der Waals surface area contributed by atoms with Gasteiger partial charge in [0.2, 0.25) is 5.75 Å². The molecule has 1 unspecified atom stereocenters. The lowest BCUT2D eigenvalue weighted by Gasteiger charge is -2.23. The van der Waals surface area contributed by atoms with E-state index < -0.39 is 22.6 Å². The number of benzene rings is 1. The van der Waals surface area contributed by atoms with E-state index in [1.54, 1.807) is 39.8 Å². The molecule has 1 aromatic rings. The Labute approximate surface area is 117 Å². The third kappa shape index (κ3) is 4.22. The van der Waals surface area contributed by atoms with Gasteiger partial charge in [0.05, 0.1) is 4.92 Å². The molecule has 0 saturated carbocycles. The lowest BCUT2D eigenvalue weighted by atomic mass is 10.2. The van der Waals surface area contributed by atoms with Crippen molar-refractivity contribution in [3.05, 3.63) is 33.9 Å². The van der Waals surface area contributed by atoms with Gasteiger partial charge in [-0.25, -0.2) is 4.79 Å². The zero-order chi connectivity index (χ0) is 15.5. The minimum absolute atomic E-state index is 0.0934. The predicted octanol–water partition coefficient (Wildman–Crippen LogP) is 3.01. The molecule has 0 bridgehead atoms. The van der Waals surface area contributed by atoms with Crippen LogP contribution in [0.2, 0.25) is 0 Å². The third-order valence-corrected chi connectivity index (χ3v) is 2.42. The Morgan fingerprint density at radius 2 is 1.95 bits per heavy atom. The van der Waals surface area contributed by atoms with E-state index >= 15 is 0 Å². The van der Waals surface area contributed by atoms with Crippen LogP contribution in [0.3, 0.4) is 0 Å². The number of ether oxygens (including phenoxy) is 2. The van der Waals surface area contributed by atoms with Crippen LogP contribution in [-0.4, -0.2) is 22.6 Å². The Morgan fingerprint density at radius 3 is 2.45 bits per heavy atom. The number of nitro groups is 1. The summed E-state index contributed by atoms with van der Waals surface area (Å²) < 4.78 is 10.6. The van der Waals surface area contributed by atoms with Gasteiger partial charge < -0.3 is 9.47 Å². The molecule has 0 aliphatic rings. The van der Waals surface area contributed by atoms with E-state index in [0.717, 1.165) is 0 Å². The molecule has 1 aromatic carbocycles. The topological polar surface area (TPSA) is 78.7 Å². The fourth-order valence-corrected chi connectivity index (χ4v) is 1.54. The molecular weight excluding hydrogens is 262 g/mol. The first-order valence-electron chi connectivity index (χ1n) is 6.25. The molecule has 6 nitrogen and oxygen atoms in total. The number of rotatable bonds is 4. The highest BCUT2D eigenvalue weighted by atomic mass is 16.6. The summed E-state index contributed by atoms with van der Waals surface area (Å²) in [6, 6.07) is 4.59. The van der Waals surface area contributed by atoms with Crippen LogP contribution < -0.4 is 4.74 Å². The summed E-state index contributed by atoms with van der Waals surface area (Å²) >= 11 is 0. The summed E-state index contributed by atoms with van der Waals surface area (Å²) in [7, 11) is 0. The van der Waals surface area contributed by atoms with E-state index in [0.29, 0.717) is 5.56 Å². The zero-order valence-corrected chi connectivity index (χ0v) is 12.3. The molecule has 6 heteroatoms. The molecule has 0 aliphatic carbocycles. The van der Waals surface area contributed by atoms with E-state index in [-0.39, 0.29) is 11.4 Å². The van der Waals surface area contributed by atoms with E-state index in [1.165, 1.54) is 13.0 Å². The van der Waals surface area contributed by atoms with Crippen molar-refractivity contribution in [3.63, 3.8) is 0 Å². The number of carbonyl (C=O) groups is 1. The minimum Gasteiger partial charge on any atom is -0.472 e. The molecule has 110 valence electrons. The summed E-state index contributed by atoms with van der Waals surface area (Å²) in [5.41, 5.74) is -0.207. The Morgan fingerprint density at radius 1 is 1.35 bits per heavy atom. The molecule has 0 aromatic heterocycles. The van der Waals surface area contributed by atoms with Gasteiger partial charge in [-0.1, -0.05) is 12.1 Å². The summed E-state index contributed by atoms with van der Waals surface area (Å²) in [4.78, 5) is 22.3. The molecule has 20 heavy (non-hydrogen) atoms. The van der Waals surface area contributed by atoms with E-state index in [4.69, 9.17) is 9.47 Å². The van der Waals surface area contributed by atoms with Gasteiger partial charge in [-0.3, -0.25) is 10.1 Å². The number of hydrogen-bond acceptors (Lipinski definition) is 5. The Balaban J connectivity index is 2.93. The monoisotopic (exact) mass is 281 g/mol. The minimum atomic E-state index is -0.922. The van der Waals surface area contributed by atoms with Crippen LogP contribution in [0, 0.1) is 17.0 Å². The standard InChI is InChI=1S/C14H19NO5/c1-9-7-6-8-11(15(17)18)12(9)19-10(2)13(16)20-14(3,4)5/h6-8,10H,1-5H3. The van der Waals surface area contributed by atoms with Crippen LogP contribution in [-0.2, 0) is 9.53 Å². The third-order valence-electron chi connectivity index (χ3n) is 2.42. The fourth-order valence-electron chi connectivity index (χ4n) is 1.54. The van der Waals surface area contributed by atoms with Crippen molar-refractivity contribution < 1.29 is 19.2 Å². The van der Waals surface area contributed by atoms with Gasteiger partial charge in [0.15, 0.2) is 6.10 Å². The van der Waals surface area contributed by atoms with Crippen molar-refractivity contribution in [1.29, 1.82) is 0 Å². The second-order valence-electron chi connectivity index (χ2n) is 5.47.